The Hall–Kier alpha value is -2.50. The van der Waals surface area contributed by atoms with Gasteiger partial charge in [0.05, 0.1) is 18.0 Å². The molecule has 0 bridgehead atoms. The summed E-state index contributed by atoms with van der Waals surface area (Å²) in [6, 6.07) is 7.85. The average molecular weight is 373 g/mol. The number of thioether (sulfide) groups is 1. The summed E-state index contributed by atoms with van der Waals surface area (Å²) in [5.74, 6) is -0.910. The highest BCUT2D eigenvalue weighted by atomic mass is 32.2. The molecule has 5 nitrogen and oxygen atoms in total. The number of ketones is 1. The lowest BCUT2D eigenvalue weighted by atomic mass is 10.1. The summed E-state index contributed by atoms with van der Waals surface area (Å²) < 4.78 is 18.5. The molecule has 0 fully saturated rings. The second kappa shape index (κ2) is 7.59. The molecule has 0 saturated heterocycles. The zero-order valence-electron chi connectivity index (χ0n) is 13.1. The zero-order chi connectivity index (χ0) is 17.8. The van der Waals surface area contributed by atoms with E-state index >= 15 is 0 Å². The minimum absolute atomic E-state index is 0.0558. The number of benzene rings is 1. The zero-order valence-corrected chi connectivity index (χ0v) is 14.7. The van der Waals surface area contributed by atoms with Gasteiger partial charge in [-0.3, -0.25) is 4.79 Å². The van der Waals surface area contributed by atoms with Crippen LogP contribution in [-0.4, -0.2) is 21.5 Å². The molecule has 8 heteroatoms. The molecule has 0 amide bonds. The van der Waals surface area contributed by atoms with E-state index in [0.717, 1.165) is 17.5 Å². The van der Waals surface area contributed by atoms with Crippen molar-refractivity contribution < 1.29 is 13.6 Å². The lowest BCUT2D eigenvalue weighted by Gasteiger charge is -2.03. The summed E-state index contributed by atoms with van der Waals surface area (Å²) in [6.45, 7) is 1.82. The molecule has 1 aromatic carbocycles. The number of oxazole rings is 1. The van der Waals surface area contributed by atoms with Crippen LogP contribution in [0.5, 0.6) is 0 Å². The van der Waals surface area contributed by atoms with Crippen LogP contribution in [0.15, 0.2) is 45.5 Å². The predicted octanol–water partition coefficient (Wildman–Crippen LogP) is 4.21. The van der Waals surface area contributed by atoms with Gasteiger partial charge in [0.1, 0.15) is 10.8 Å². The van der Waals surface area contributed by atoms with Crippen LogP contribution in [0.1, 0.15) is 16.6 Å². The van der Waals surface area contributed by atoms with Gasteiger partial charge in [-0.05, 0) is 31.2 Å². The monoisotopic (exact) mass is 373 g/mol. The minimum Gasteiger partial charge on any atom is -0.431 e. The smallest absolute Gasteiger partial charge is 0.256 e. The number of carbonyl (C=O) groups is 1. The number of halogens is 1. The second-order valence-corrected chi connectivity index (χ2v) is 6.96. The van der Waals surface area contributed by atoms with Crippen molar-refractivity contribution in [3.8, 4) is 17.4 Å². The number of hydrogen-bond donors (Lipinski definition) is 0. The van der Waals surface area contributed by atoms with E-state index in [1.165, 1.54) is 29.7 Å². The van der Waals surface area contributed by atoms with Crippen LogP contribution in [0, 0.1) is 24.1 Å². The highest BCUT2D eigenvalue weighted by Crippen LogP contribution is 2.28. The van der Waals surface area contributed by atoms with Gasteiger partial charge in [0.25, 0.3) is 5.22 Å². The van der Waals surface area contributed by atoms with Crippen molar-refractivity contribution in [3.05, 3.63) is 52.4 Å². The normalized spacial score (nSPS) is 11.9. The van der Waals surface area contributed by atoms with Gasteiger partial charge in [-0.1, -0.05) is 11.8 Å². The number of carbonyl (C=O) groups excluding carboxylic acids is 1. The summed E-state index contributed by atoms with van der Waals surface area (Å²) >= 11 is 2.42. The van der Waals surface area contributed by atoms with Crippen molar-refractivity contribution in [1.82, 2.24) is 9.97 Å². The number of nitrogens with zero attached hydrogens (tertiary/aromatic N) is 3. The number of rotatable bonds is 6. The SMILES string of the molecule is Cc1csc([C@H](C#N)C(=O)CSc2ncc(-c3ccc(F)cc3)o2)n1. The highest BCUT2D eigenvalue weighted by Gasteiger charge is 2.24. The fraction of sp³-hybridized carbons (Fsp3) is 0.176. The molecule has 25 heavy (non-hydrogen) atoms. The number of aromatic nitrogens is 2. The number of nitriles is 1. The van der Waals surface area contributed by atoms with Crippen LogP contribution in [0.2, 0.25) is 0 Å². The van der Waals surface area contributed by atoms with Crippen LogP contribution in [-0.2, 0) is 4.79 Å². The topological polar surface area (TPSA) is 79.8 Å². The molecular weight excluding hydrogens is 361 g/mol. The first-order valence-corrected chi connectivity index (χ1v) is 9.12. The van der Waals surface area contributed by atoms with E-state index < -0.39 is 5.92 Å². The fourth-order valence-electron chi connectivity index (χ4n) is 2.06. The quantitative estimate of drug-likeness (QED) is 0.602. The Morgan fingerprint density at radius 3 is 2.84 bits per heavy atom. The Bertz CT molecular complexity index is 928. The summed E-state index contributed by atoms with van der Waals surface area (Å²) in [5, 5.41) is 11.9. The minimum atomic E-state index is -0.877. The van der Waals surface area contributed by atoms with Gasteiger partial charge >= 0.3 is 0 Å². The molecule has 3 rings (SSSR count). The molecule has 0 spiro atoms. The summed E-state index contributed by atoms with van der Waals surface area (Å²) in [6.07, 6.45) is 1.52. The van der Waals surface area contributed by atoms with E-state index in [2.05, 4.69) is 9.97 Å². The molecule has 2 aromatic heterocycles. The van der Waals surface area contributed by atoms with Crippen LogP contribution in [0.25, 0.3) is 11.3 Å². The number of hydrogen-bond acceptors (Lipinski definition) is 7. The van der Waals surface area contributed by atoms with E-state index in [-0.39, 0.29) is 17.4 Å². The lowest BCUT2D eigenvalue weighted by Crippen LogP contribution is -2.13. The van der Waals surface area contributed by atoms with Crippen LogP contribution in [0.4, 0.5) is 4.39 Å². The van der Waals surface area contributed by atoms with Crippen LogP contribution >= 0.6 is 23.1 Å². The van der Waals surface area contributed by atoms with Crippen LogP contribution < -0.4 is 0 Å². The Morgan fingerprint density at radius 2 is 2.20 bits per heavy atom. The Balaban J connectivity index is 1.64. The maximum Gasteiger partial charge on any atom is 0.256 e. The molecule has 0 N–H and O–H groups in total. The van der Waals surface area contributed by atoms with Crippen molar-refractivity contribution in [3.63, 3.8) is 0 Å². The van der Waals surface area contributed by atoms with E-state index in [0.29, 0.717) is 21.6 Å². The standard InChI is InChI=1S/C17H12FN3O2S2/c1-10-8-24-16(21-10)13(6-19)14(22)9-25-17-20-7-15(23-17)11-2-4-12(18)5-3-11/h2-5,7-8,13H,9H2,1H3/t13-/m1/s1. The van der Waals surface area contributed by atoms with Gasteiger partial charge in [-0.2, -0.15) is 5.26 Å². The van der Waals surface area contributed by atoms with Gasteiger partial charge in [0.2, 0.25) is 0 Å². The third-order valence-corrected chi connectivity index (χ3v) is 5.18. The van der Waals surface area contributed by atoms with E-state index in [9.17, 15) is 14.4 Å². The Morgan fingerprint density at radius 1 is 1.44 bits per heavy atom. The van der Waals surface area contributed by atoms with Crippen molar-refractivity contribution in [2.75, 3.05) is 5.75 Å². The molecule has 0 radical (unpaired) electrons. The molecule has 0 aliphatic heterocycles. The predicted molar refractivity (Wildman–Crippen MR) is 92.8 cm³/mol. The van der Waals surface area contributed by atoms with Crippen molar-refractivity contribution in [2.45, 2.75) is 18.1 Å². The molecule has 0 unspecified atom stereocenters. The highest BCUT2D eigenvalue weighted by molar-refractivity contribution is 7.99. The summed E-state index contributed by atoms with van der Waals surface area (Å²) in [7, 11) is 0. The number of aryl methyl sites for hydroxylation is 1. The maximum atomic E-state index is 12.9. The van der Waals surface area contributed by atoms with E-state index in [1.807, 2.05) is 18.4 Å². The van der Waals surface area contributed by atoms with E-state index in [1.54, 1.807) is 12.1 Å². The van der Waals surface area contributed by atoms with E-state index in [4.69, 9.17) is 4.42 Å². The fourth-order valence-corrected chi connectivity index (χ4v) is 3.63. The van der Waals surface area contributed by atoms with Crippen molar-refractivity contribution in [2.24, 2.45) is 0 Å². The largest absolute Gasteiger partial charge is 0.431 e. The molecule has 2 heterocycles. The molecule has 126 valence electrons. The van der Waals surface area contributed by atoms with Gasteiger partial charge in [-0.25, -0.2) is 14.4 Å². The van der Waals surface area contributed by atoms with Gasteiger partial charge in [0, 0.05) is 16.6 Å². The van der Waals surface area contributed by atoms with Crippen molar-refractivity contribution in [1.29, 1.82) is 5.26 Å². The van der Waals surface area contributed by atoms with Crippen molar-refractivity contribution >= 4 is 28.9 Å². The lowest BCUT2D eigenvalue weighted by molar-refractivity contribution is -0.116. The molecule has 0 saturated carbocycles. The average Bonchev–Trinajstić information content (AvgIpc) is 3.24. The summed E-state index contributed by atoms with van der Waals surface area (Å²) in [5.41, 5.74) is 1.48. The first-order valence-electron chi connectivity index (χ1n) is 7.25. The maximum absolute atomic E-state index is 12.9. The molecule has 0 aliphatic rings. The molecule has 3 aromatic rings. The molecule has 0 aliphatic carbocycles. The Kier molecular flexibility index (Phi) is 5.26. The molecular formula is C17H12FN3O2S2. The van der Waals surface area contributed by atoms with Gasteiger partial charge in [-0.15, -0.1) is 11.3 Å². The molecule has 1 atom stereocenters. The third kappa shape index (κ3) is 4.13. The second-order valence-electron chi connectivity index (χ2n) is 5.14. The Labute approximate surface area is 151 Å². The first-order chi connectivity index (χ1) is 12.1. The number of Topliss-reactive ketones (excluding diaryl/α,β-unsaturated/α-hetero) is 1. The third-order valence-electron chi connectivity index (χ3n) is 3.29. The summed E-state index contributed by atoms with van der Waals surface area (Å²) in [4.78, 5) is 20.6. The first kappa shape index (κ1) is 17.3. The number of thiazole rings is 1. The van der Waals surface area contributed by atoms with Crippen LogP contribution in [0.3, 0.4) is 0 Å². The van der Waals surface area contributed by atoms with Gasteiger partial charge < -0.3 is 4.42 Å². The van der Waals surface area contributed by atoms with Gasteiger partial charge in [0.15, 0.2) is 17.5 Å².